The lowest BCUT2D eigenvalue weighted by molar-refractivity contribution is -0.930. The summed E-state index contributed by atoms with van der Waals surface area (Å²) < 4.78 is 5.30. The molecule has 15 heavy (non-hydrogen) atoms. The van der Waals surface area contributed by atoms with Crippen molar-refractivity contribution in [2.45, 2.75) is 6.04 Å². The van der Waals surface area contributed by atoms with Gasteiger partial charge in [-0.2, -0.15) is 5.26 Å². The third-order valence-electron chi connectivity index (χ3n) is 2.81. The van der Waals surface area contributed by atoms with Crippen LogP contribution in [0.4, 0.5) is 0 Å². The Morgan fingerprint density at radius 2 is 1.87 bits per heavy atom. The summed E-state index contributed by atoms with van der Waals surface area (Å²) in [6, 6.07) is 12.3. The molecule has 1 heterocycles. The van der Waals surface area contributed by atoms with Gasteiger partial charge in [-0.05, 0) is 0 Å². The highest BCUT2D eigenvalue weighted by Gasteiger charge is 2.25. The van der Waals surface area contributed by atoms with Gasteiger partial charge in [0.25, 0.3) is 0 Å². The Balaban J connectivity index is 2.14. The van der Waals surface area contributed by atoms with Crippen molar-refractivity contribution in [3.63, 3.8) is 0 Å². The maximum absolute atomic E-state index is 9.22. The average Bonchev–Trinajstić information content (AvgIpc) is 2.33. The molecule has 2 rings (SSSR count). The average molecular weight is 203 g/mol. The zero-order valence-electron chi connectivity index (χ0n) is 8.65. The summed E-state index contributed by atoms with van der Waals surface area (Å²) in [5.74, 6) is 0. The van der Waals surface area contributed by atoms with Gasteiger partial charge in [-0.15, -0.1) is 0 Å². The molecule has 1 N–H and O–H groups in total. The van der Waals surface area contributed by atoms with Gasteiger partial charge >= 0.3 is 0 Å². The minimum Gasteiger partial charge on any atom is -0.370 e. The summed E-state index contributed by atoms with van der Waals surface area (Å²) in [4.78, 5) is 1.31. The van der Waals surface area contributed by atoms with Gasteiger partial charge in [-0.3, -0.25) is 0 Å². The van der Waals surface area contributed by atoms with E-state index >= 15 is 0 Å². The molecule has 1 saturated heterocycles. The minimum absolute atomic E-state index is 0.0462. The van der Waals surface area contributed by atoms with E-state index in [1.165, 1.54) is 4.90 Å². The molecule has 0 aromatic heterocycles. The fraction of sp³-hybridized carbons (Fsp3) is 0.417. The molecule has 1 fully saturated rings. The number of hydrogen-bond donors (Lipinski definition) is 1. The van der Waals surface area contributed by atoms with E-state index in [2.05, 4.69) is 6.07 Å². The Morgan fingerprint density at radius 1 is 1.20 bits per heavy atom. The van der Waals surface area contributed by atoms with Crippen molar-refractivity contribution in [2.75, 3.05) is 26.3 Å². The molecule has 1 atom stereocenters. The van der Waals surface area contributed by atoms with E-state index in [9.17, 15) is 5.26 Å². The second-order valence-corrected chi connectivity index (χ2v) is 3.74. The number of nitriles is 1. The monoisotopic (exact) mass is 203 g/mol. The van der Waals surface area contributed by atoms with Crippen LogP contribution in [0.25, 0.3) is 0 Å². The van der Waals surface area contributed by atoms with Gasteiger partial charge in [-0.1, -0.05) is 30.3 Å². The van der Waals surface area contributed by atoms with Crippen LogP contribution in [0.5, 0.6) is 0 Å². The van der Waals surface area contributed by atoms with Crippen molar-refractivity contribution in [1.29, 1.82) is 5.26 Å². The van der Waals surface area contributed by atoms with Gasteiger partial charge in [-0.25, -0.2) is 0 Å². The second-order valence-electron chi connectivity index (χ2n) is 3.74. The van der Waals surface area contributed by atoms with E-state index in [1.807, 2.05) is 30.3 Å². The Kier molecular flexibility index (Phi) is 3.33. The number of quaternary nitrogens is 1. The van der Waals surface area contributed by atoms with Crippen LogP contribution in [-0.4, -0.2) is 26.3 Å². The van der Waals surface area contributed by atoms with Crippen LogP contribution in [0.1, 0.15) is 11.6 Å². The third kappa shape index (κ3) is 2.35. The standard InChI is InChI=1S/C12H14N2O/c13-10-12(11-4-2-1-3-5-11)14-6-8-15-9-7-14/h1-5,12H,6-9H2/p+1/t12-/m0/s1. The SMILES string of the molecule is N#C[C@@H](c1ccccc1)[NH+]1CCOCC1. The zero-order valence-corrected chi connectivity index (χ0v) is 8.65. The minimum atomic E-state index is -0.0462. The smallest absolute Gasteiger partial charge is 0.200 e. The zero-order chi connectivity index (χ0) is 10.5. The molecule has 0 bridgehead atoms. The van der Waals surface area contributed by atoms with E-state index in [1.54, 1.807) is 0 Å². The lowest BCUT2D eigenvalue weighted by Crippen LogP contribution is -3.14. The quantitative estimate of drug-likeness (QED) is 0.744. The van der Waals surface area contributed by atoms with Crippen molar-refractivity contribution >= 4 is 0 Å². The van der Waals surface area contributed by atoms with Crippen molar-refractivity contribution in [2.24, 2.45) is 0 Å². The molecule has 3 heteroatoms. The first-order valence-electron chi connectivity index (χ1n) is 5.28. The molecule has 1 aliphatic rings. The molecule has 0 spiro atoms. The number of nitrogens with zero attached hydrogens (tertiary/aromatic N) is 1. The van der Waals surface area contributed by atoms with E-state index < -0.39 is 0 Å². The van der Waals surface area contributed by atoms with Crippen molar-refractivity contribution in [3.05, 3.63) is 35.9 Å². The van der Waals surface area contributed by atoms with E-state index in [-0.39, 0.29) is 6.04 Å². The maximum Gasteiger partial charge on any atom is 0.200 e. The van der Waals surface area contributed by atoms with Gasteiger partial charge in [0.15, 0.2) is 0 Å². The fourth-order valence-corrected chi connectivity index (χ4v) is 1.97. The Labute approximate surface area is 89.9 Å². The maximum atomic E-state index is 9.22. The normalized spacial score (nSPS) is 19.4. The lowest BCUT2D eigenvalue weighted by atomic mass is 10.1. The molecule has 0 radical (unpaired) electrons. The molecule has 3 nitrogen and oxygen atoms in total. The first kappa shape index (κ1) is 10.2. The number of nitrogens with one attached hydrogen (secondary N) is 1. The first-order chi connectivity index (χ1) is 7.42. The molecular formula is C12H15N2O+. The molecule has 0 saturated carbocycles. The second kappa shape index (κ2) is 4.92. The summed E-state index contributed by atoms with van der Waals surface area (Å²) in [7, 11) is 0. The number of rotatable bonds is 2. The van der Waals surface area contributed by atoms with Crippen molar-refractivity contribution in [3.8, 4) is 6.07 Å². The van der Waals surface area contributed by atoms with Gasteiger partial charge < -0.3 is 9.64 Å². The Morgan fingerprint density at radius 3 is 2.47 bits per heavy atom. The Hall–Kier alpha value is -1.37. The summed E-state index contributed by atoms with van der Waals surface area (Å²) in [6.45, 7) is 3.38. The van der Waals surface area contributed by atoms with E-state index in [4.69, 9.17) is 4.74 Å². The molecule has 1 aromatic rings. The number of hydrogen-bond acceptors (Lipinski definition) is 2. The number of ether oxygens (including phenoxy) is 1. The van der Waals surface area contributed by atoms with Crippen molar-refractivity contribution in [1.82, 2.24) is 0 Å². The first-order valence-corrected chi connectivity index (χ1v) is 5.28. The summed E-state index contributed by atoms with van der Waals surface area (Å²) in [5.41, 5.74) is 1.11. The number of benzene rings is 1. The highest BCUT2D eigenvalue weighted by Crippen LogP contribution is 2.07. The molecule has 0 amide bonds. The Bertz CT molecular complexity index is 338. The third-order valence-corrected chi connectivity index (χ3v) is 2.81. The van der Waals surface area contributed by atoms with Crippen LogP contribution in [0, 0.1) is 11.3 Å². The van der Waals surface area contributed by atoms with E-state index in [0.29, 0.717) is 0 Å². The predicted molar refractivity (Wildman–Crippen MR) is 56.3 cm³/mol. The highest BCUT2D eigenvalue weighted by molar-refractivity contribution is 5.21. The molecular weight excluding hydrogens is 188 g/mol. The van der Waals surface area contributed by atoms with Crippen LogP contribution in [-0.2, 0) is 4.74 Å². The van der Waals surface area contributed by atoms with Gasteiger partial charge in [0, 0.05) is 5.56 Å². The predicted octanol–water partition coefficient (Wildman–Crippen LogP) is 0.166. The lowest BCUT2D eigenvalue weighted by Gasteiger charge is -2.27. The van der Waals surface area contributed by atoms with Gasteiger partial charge in [0.2, 0.25) is 6.04 Å². The topological polar surface area (TPSA) is 37.5 Å². The highest BCUT2D eigenvalue weighted by atomic mass is 16.5. The summed E-state index contributed by atoms with van der Waals surface area (Å²) in [5, 5.41) is 9.22. The van der Waals surface area contributed by atoms with Crippen LogP contribution >= 0.6 is 0 Å². The molecule has 1 aromatic carbocycles. The molecule has 0 unspecified atom stereocenters. The largest absolute Gasteiger partial charge is 0.370 e. The van der Waals surface area contributed by atoms with Crippen LogP contribution < -0.4 is 4.90 Å². The van der Waals surface area contributed by atoms with Crippen molar-refractivity contribution < 1.29 is 9.64 Å². The van der Waals surface area contributed by atoms with Crippen LogP contribution in [0.2, 0.25) is 0 Å². The van der Waals surface area contributed by atoms with Gasteiger partial charge in [0.1, 0.15) is 19.2 Å². The number of morpholine rings is 1. The van der Waals surface area contributed by atoms with E-state index in [0.717, 1.165) is 31.9 Å². The molecule has 0 aliphatic carbocycles. The summed E-state index contributed by atoms with van der Waals surface area (Å²) in [6.07, 6.45) is 0. The fourth-order valence-electron chi connectivity index (χ4n) is 1.97. The van der Waals surface area contributed by atoms with Crippen LogP contribution in [0.15, 0.2) is 30.3 Å². The molecule has 1 aliphatic heterocycles. The van der Waals surface area contributed by atoms with Crippen LogP contribution in [0.3, 0.4) is 0 Å². The van der Waals surface area contributed by atoms with Gasteiger partial charge in [0.05, 0.1) is 13.2 Å². The summed E-state index contributed by atoms with van der Waals surface area (Å²) >= 11 is 0. The molecule has 78 valence electrons.